The van der Waals surface area contributed by atoms with Gasteiger partial charge in [-0.15, -0.1) is 0 Å². The summed E-state index contributed by atoms with van der Waals surface area (Å²) in [7, 11) is 1.60. The molecule has 0 aliphatic carbocycles. The van der Waals surface area contributed by atoms with E-state index in [-0.39, 0.29) is 12.3 Å². The molecule has 20 heavy (non-hydrogen) atoms. The third-order valence-electron chi connectivity index (χ3n) is 3.27. The first-order valence-electron chi connectivity index (χ1n) is 6.46. The zero-order valence-corrected chi connectivity index (χ0v) is 12.6. The van der Waals surface area contributed by atoms with Gasteiger partial charge in [0.2, 0.25) is 5.91 Å². The van der Waals surface area contributed by atoms with Crippen molar-refractivity contribution in [1.29, 1.82) is 0 Å². The largest absolute Gasteiger partial charge is 0.464 e. The summed E-state index contributed by atoms with van der Waals surface area (Å²) in [6.07, 6.45) is 1.90. The molecule has 5 heteroatoms. The topological polar surface area (TPSA) is 51.5 Å². The Kier molecular flexibility index (Phi) is 4.68. The fraction of sp³-hybridized carbons (Fsp3) is 0.400. The van der Waals surface area contributed by atoms with E-state index in [0.29, 0.717) is 13.2 Å². The summed E-state index contributed by atoms with van der Waals surface area (Å²) in [5.41, 5.74) is 3.55. The quantitative estimate of drug-likeness (QED) is 0.863. The number of fused-ring (bicyclic) bond motifs is 1. The van der Waals surface area contributed by atoms with Crippen LogP contribution in [0.3, 0.4) is 0 Å². The Labute approximate surface area is 123 Å². The molecule has 0 bridgehead atoms. The van der Waals surface area contributed by atoms with Crippen LogP contribution in [-0.4, -0.2) is 26.2 Å². The predicted molar refractivity (Wildman–Crippen MR) is 79.3 cm³/mol. The van der Waals surface area contributed by atoms with Crippen molar-refractivity contribution in [2.24, 2.45) is 0 Å². The highest BCUT2D eigenvalue weighted by molar-refractivity contribution is 6.33. The SMILES string of the molecule is COCCNC(=O)Cc1coc2cc(C)c(Cl)c(C)c12. The van der Waals surface area contributed by atoms with E-state index in [0.717, 1.165) is 32.7 Å². The first-order valence-corrected chi connectivity index (χ1v) is 6.83. The number of benzene rings is 1. The smallest absolute Gasteiger partial charge is 0.224 e. The normalized spacial score (nSPS) is 11.0. The average molecular weight is 296 g/mol. The van der Waals surface area contributed by atoms with Crippen molar-refractivity contribution in [3.05, 3.63) is 34.0 Å². The molecular formula is C15H18ClNO3. The van der Waals surface area contributed by atoms with Crippen LogP contribution >= 0.6 is 11.6 Å². The highest BCUT2D eigenvalue weighted by Crippen LogP contribution is 2.32. The Hall–Kier alpha value is -1.52. The Morgan fingerprint density at radius 1 is 1.45 bits per heavy atom. The zero-order valence-electron chi connectivity index (χ0n) is 11.9. The molecule has 0 saturated carbocycles. The van der Waals surface area contributed by atoms with Crippen molar-refractivity contribution in [3.8, 4) is 0 Å². The zero-order chi connectivity index (χ0) is 14.7. The number of amides is 1. The van der Waals surface area contributed by atoms with Crippen molar-refractivity contribution < 1.29 is 13.9 Å². The predicted octanol–water partition coefficient (Wildman–Crippen LogP) is 3.01. The molecule has 4 nitrogen and oxygen atoms in total. The van der Waals surface area contributed by atoms with Crippen molar-refractivity contribution in [2.75, 3.05) is 20.3 Å². The molecule has 0 aliphatic rings. The average Bonchev–Trinajstić information content (AvgIpc) is 2.79. The summed E-state index contributed by atoms with van der Waals surface area (Å²) < 4.78 is 10.4. The number of halogens is 1. The molecule has 1 heterocycles. The maximum atomic E-state index is 11.9. The van der Waals surface area contributed by atoms with Crippen LogP contribution in [0, 0.1) is 13.8 Å². The number of carbonyl (C=O) groups is 1. The van der Waals surface area contributed by atoms with Gasteiger partial charge in [0.25, 0.3) is 0 Å². The molecule has 108 valence electrons. The number of carbonyl (C=O) groups excluding carboxylic acids is 1. The van der Waals surface area contributed by atoms with Gasteiger partial charge in [-0.1, -0.05) is 11.6 Å². The van der Waals surface area contributed by atoms with Gasteiger partial charge in [-0.3, -0.25) is 4.79 Å². The monoisotopic (exact) mass is 295 g/mol. The van der Waals surface area contributed by atoms with Crippen LogP contribution in [-0.2, 0) is 16.0 Å². The molecule has 0 radical (unpaired) electrons. The number of hydrogen-bond donors (Lipinski definition) is 1. The summed E-state index contributed by atoms with van der Waals surface area (Å²) in [6.45, 7) is 4.89. The number of nitrogens with one attached hydrogen (secondary N) is 1. The van der Waals surface area contributed by atoms with Crippen molar-refractivity contribution >= 4 is 28.5 Å². The van der Waals surface area contributed by atoms with Crippen molar-refractivity contribution in [2.45, 2.75) is 20.3 Å². The summed E-state index contributed by atoms with van der Waals surface area (Å²) in [4.78, 5) is 11.9. The molecule has 1 amide bonds. The van der Waals surface area contributed by atoms with Gasteiger partial charge in [0.15, 0.2) is 0 Å². The second-order valence-corrected chi connectivity index (χ2v) is 5.16. The van der Waals surface area contributed by atoms with Crippen LogP contribution in [0.4, 0.5) is 0 Å². The van der Waals surface area contributed by atoms with E-state index in [9.17, 15) is 4.79 Å². The summed E-state index contributed by atoms with van der Waals surface area (Å²) in [5.74, 6) is -0.0548. The van der Waals surface area contributed by atoms with Gasteiger partial charge in [-0.25, -0.2) is 0 Å². The fourth-order valence-corrected chi connectivity index (χ4v) is 2.42. The molecule has 0 unspecified atom stereocenters. The van der Waals surface area contributed by atoms with Crippen molar-refractivity contribution in [3.63, 3.8) is 0 Å². The van der Waals surface area contributed by atoms with Gasteiger partial charge in [0.05, 0.1) is 19.3 Å². The van der Waals surface area contributed by atoms with Crippen LogP contribution in [0.5, 0.6) is 0 Å². The molecule has 1 aromatic carbocycles. The minimum atomic E-state index is -0.0548. The van der Waals surface area contributed by atoms with E-state index in [4.69, 9.17) is 20.8 Å². The standard InChI is InChI=1S/C15H18ClNO3/c1-9-6-12-14(10(2)15(9)16)11(8-20-12)7-13(18)17-4-5-19-3/h6,8H,4-5,7H2,1-3H3,(H,17,18). The lowest BCUT2D eigenvalue weighted by Gasteiger charge is -2.06. The number of hydrogen-bond acceptors (Lipinski definition) is 3. The molecule has 0 aliphatic heterocycles. The molecule has 2 aromatic rings. The Morgan fingerprint density at radius 3 is 2.90 bits per heavy atom. The number of methoxy groups -OCH3 is 1. The third-order valence-corrected chi connectivity index (χ3v) is 3.85. The Morgan fingerprint density at radius 2 is 2.20 bits per heavy atom. The molecule has 1 aromatic heterocycles. The fourth-order valence-electron chi connectivity index (χ4n) is 2.27. The van der Waals surface area contributed by atoms with Crippen molar-refractivity contribution in [1.82, 2.24) is 5.32 Å². The third kappa shape index (κ3) is 2.97. The molecule has 0 saturated heterocycles. The first kappa shape index (κ1) is 14.9. The summed E-state index contributed by atoms with van der Waals surface area (Å²) in [6, 6.07) is 1.90. The number of ether oxygens (including phenoxy) is 1. The van der Waals surface area contributed by atoms with Crippen LogP contribution < -0.4 is 5.32 Å². The highest BCUT2D eigenvalue weighted by atomic mass is 35.5. The lowest BCUT2D eigenvalue weighted by atomic mass is 10.0. The molecule has 2 rings (SSSR count). The highest BCUT2D eigenvalue weighted by Gasteiger charge is 2.15. The summed E-state index contributed by atoms with van der Waals surface area (Å²) in [5, 5.41) is 4.45. The van der Waals surface area contributed by atoms with E-state index in [2.05, 4.69) is 5.32 Å². The lowest BCUT2D eigenvalue weighted by Crippen LogP contribution is -2.28. The Bertz CT molecular complexity index is 634. The van der Waals surface area contributed by atoms with Crippen LogP contribution in [0.15, 0.2) is 16.7 Å². The van der Waals surface area contributed by atoms with E-state index in [1.54, 1.807) is 13.4 Å². The minimum absolute atomic E-state index is 0.0548. The minimum Gasteiger partial charge on any atom is -0.464 e. The van der Waals surface area contributed by atoms with E-state index in [1.165, 1.54) is 0 Å². The van der Waals surface area contributed by atoms with E-state index in [1.807, 2.05) is 19.9 Å². The second kappa shape index (κ2) is 6.29. The number of rotatable bonds is 5. The molecular weight excluding hydrogens is 278 g/mol. The molecule has 0 spiro atoms. The van der Waals surface area contributed by atoms with Crippen LogP contribution in [0.25, 0.3) is 11.0 Å². The Balaban J connectivity index is 2.23. The lowest BCUT2D eigenvalue weighted by molar-refractivity contribution is -0.120. The van der Waals surface area contributed by atoms with E-state index >= 15 is 0 Å². The van der Waals surface area contributed by atoms with Gasteiger partial charge in [0.1, 0.15) is 5.58 Å². The first-order chi connectivity index (χ1) is 9.54. The maximum absolute atomic E-state index is 11.9. The molecule has 0 fully saturated rings. The van der Waals surface area contributed by atoms with Gasteiger partial charge in [-0.05, 0) is 31.0 Å². The molecule has 1 N–H and O–H groups in total. The molecule has 0 atom stereocenters. The van der Waals surface area contributed by atoms with Gasteiger partial charge < -0.3 is 14.5 Å². The van der Waals surface area contributed by atoms with Gasteiger partial charge in [-0.2, -0.15) is 0 Å². The second-order valence-electron chi connectivity index (χ2n) is 4.79. The van der Waals surface area contributed by atoms with Gasteiger partial charge in [0, 0.05) is 29.6 Å². The maximum Gasteiger partial charge on any atom is 0.224 e. The number of furan rings is 1. The number of aryl methyl sites for hydroxylation is 2. The van der Waals surface area contributed by atoms with Crippen LogP contribution in [0.1, 0.15) is 16.7 Å². The van der Waals surface area contributed by atoms with E-state index < -0.39 is 0 Å². The van der Waals surface area contributed by atoms with Crippen LogP contribution in [0.2, 0.25) is 5.02 Å². The van der Waals surface area contributed by atoms with Gasteiger partial charge >= 0.3 is 0 Å². The summed E-state index contributed by atoms with van der Waals surface area (Å²) >= 11 is 6.27.